The highest BCUT2D eigenvalue weighted by Gasteiger charge is 2.43. The smallest absolute Gasteiger partial charge is 0.241 e. The molecule has 0 spiro atoms. The third kappa shape index (κ3) is 3.00. The Labute approximate surface area is 130 Å². The van der Waals surface area contributed by atoms with Crippen molar-refractivity contribution in [2.75, 3.05) is 13.2 Å². The molecular formula is C16H24N2O2S. The number of amides is 1. The van der Waals surface area contributed by atoms with Gasteiger partial charge in [-0.3, -0.25) is 10.1 Å². The minimum absolute atomic E-state index is 0.00123. The molecule has 0 radical (unpaired) electrons. The standard InChI is InChI=1S/C16H24N2O2S/c1-3-5-13-15(19)18(11-16(2)7-4-8-20-16)14(17-13)12-6-9-21-10-12/h6,9-10,13-14,17H,3-5,7-8,11H2,1-2H3. The first-order valence-electron chi connectivity index (χ1n) is 7.85. The Bertz CT molecular complexity index is 482. The van der Waals surface area contributed by atoms with Gasteiger partial charge in [0.15, 0.2) is 0 Å². The average molecular weight is 308 g/mol. The van der Waals surface area contributed by atoms with Crippen molar-refractivity contribution in [1.29, 1.82) is 0 Å². The van der Waals surface area contributed by atoms with Crippen LogP contribution < -0.4 is 5.32 Å². The number of ether oxygens (including phenoxy) is 1. The van der Waals surface area contributed by atoms with E-state index in [9.17, 15) is 4.79 Å². The van der Waals surface area contributed by atoms with Crippen LogP contribution in [-0.2, 0) is 9.53 Å². The molecule has 1 N–H and O–H groups in total. The quantitative estimate of drug-likeness (QED) is 0.909. The summed E-state index contributed by atoms with van der Waals surface area (Å²) in [6.07, 6.45) is 4.04. The number of nitrogens with zero attached hydrogens (tertiary/aromatic N) is 1. The third-order valence-corrected chi connectivity index (χ3v) is 5.19. The lowest BCUT2D eigenvalue weighted by atomic mass is 10.0. The van der Waals surface area contributed by atoms with Crippen molar-refractivity contribution in [3.63, 3.8) is 0 Å². The van der Waals surface area contributed by atoms with Crippen molar-refractivity contribution in [1.82, 2.24) is 10.2 Å². The van der Waals surface area contributed by atoms with E-state index in [1.165, 1.54) is 5.56 Å². The summed E-state index contributed by atoms with van der Waals surface area (Å²) in [7, 11) is 0. The van der Waals surface area contributed by atoms with Gasteiger partial charge in [0.1, 0.15) is 6.17 Å². The van der Waals surface area contributed by atoms with Crippen LogP contribution in [0.3, 0.4) is 0 Å². The summed E-state index contributed by atoms with van der Waals surface area (Å²) in [4.78, 5) is 14.7. The van der Waals surface area contributed by atoms with Crippen molar-refractivity contribution in [3.8, 4) is 0 Å². The van der Waals surface area contributed by atoms with E-state index >= 15 is 0 Å². The third-order valence-electron chi connectivity index (χ3n) is 4.49. The molecule has 5 heteroatoms. The molecule has 1 aromatic heterocycles. The molecular weight excluding hydrogens is 284 g/mol. The second-order valence-electron chi connectivity index (χ2n) is 6.34. The Hall–Kier alpha value is -0.910. The zero-order chi connectivity index (χ0) is 14.9. The maximum atomic E-state index is 12.7. The summed E-state index contributed by atoms with van der Waals surface area (Å²) in [5.41, 5.74) is 1.00. The zero-order valence-electron chi connectivity index (χ0n) is 12.8. The summed E-state index contributed by atoms with van der Waals surface area (Å²) in [6.45, 7) is 5.75. The molecule has 0 aromatic carbocycles. The van der Waals surface area contributed by atoms with Crippen LogP contribution in [0.2, 0.25) is 0 Å². The molecule has 0 saturated carbocycles. The molecule has 2 aliphatic rings. The van der Waals surface area contributed by atoms with Crippen molar-refractivity contribution >= 4 is 17.2 Å². The van der Waals surface area contributed by atoms with Crippen molar-refractivity contribution in [3.05, 3.63) is 22.4 Å². The molecule has 3 unspecified atom stereocenters. The Balaban J connectivity index is 1.81. The Morgan fingerprint density at radius 3 is 3.05 bits per heavy atom. The van der Waals surface area contributed by atoms with Crippen LogP contribution in [0.5, 0.6) is 0 Å². The first-order chi connectivity index (χ1) is 10.1. The summed E-state index contributed by atoms with van der Waals surface area (Å²) in [6, 6.07) is 2.05. The fraction of sp³-hybridized carbons (Fsp3) is 0.688. The van der Waals surface area contributed by atoms with E-state index in [0.717, 1.165) is 32.3 Å². The van der Waals surface area contributed by atoms with E-state index < -0.39 is 0 Å². The number of hydrogen-bond donors (Lipinski definition) is 1. The monoisotopic (exact) mass is 308 g/mol. The first-order valence-corrected chi connectivity index (χ1v) is 8.80. The lowest BCUT2D eigenvalue weighted by Crippen LogP contribution is -2.43. The number of rotatable bonds is 5. The molecule has 2 saturated heterocycles. The lowest BCUT2D eigenvalue weighted by molar-refractivity contribution is -0.134. The number of thiophene rings is 1. The van der Waals surface area contributed by atoms with E-state index in [1.54, 1.807) is 11.3 Å². The molecule has 116 valence electrons. The highest BCUT2D eigenvalue weighted by atomic mass is 32.1. The van der Waals surface area contributed by atoms with Gasteiger partial charge in [-0.1, -0.05) is 13.3 Å². The molecule has 1 amide bonds. The fourth-order valence-electron chi connectivity index (χ4n) is 3.37. The predicted octanol–water partition coefficient (Wildman–Crippen LogP) is 2.92. The summed E-state index contributed by atoms with van der Waals surface area (Å²) in [5, 5.41) is 7.71. The Morgan fingerprint density at radius 2 is 2.43 bits per heavy atom. The number of nitrogens with one attached hydrogen (secondary N) is 1. The number of carbonyl (C=O) groups is 1. The molecule has 4 nitrogen and oxygen atoms in total. The van der Waals surface area contributed by atoms with Crippen LogP contribution in [0.15, 0.2) is 16.8 Å². The highest BCUT2D eigenvalue weighted by molar-refractivity contribution is 7.07. The van der Waals surface area contributed by atoms with E-state index in [1.807, 2.05) is 4.90 Å². The van der Waals surface area contributed by atoms with E-state index in [-0.39, 0.29) is 23.7 Å². The van der Waals surface area contributed by atoms with Crippen molar-refractivity contribution < 1.29 is 9.53 Å². The summed E-state index contributed by atoms with van der Waals surface area (Å²) < 4.78 is 5.89. The summed E-state index contributed by atoms with van der Waals surface area (Å²) >= 11 is 1.68. The second-order valence-corrected chi connectivity index (χ2v) is 7.12. The Morgan fingerprint density at radius 1 is 1.57 bits per heavy atom. The lowest BCUT2D eigenvalue weighted by Gasteiger charge is -2.32. The van der Waals surface area contributed by atoms with Crippen LogP contribution in [0.1, 0.15) is 51.3 Å². The van der Waals surface area contributed by atoms with Gasteiger partial charge in [0, 0.05) is 6.61 Å². The maximum absolute atomic E-state index is 12.7. The Kier molecular flexibility index (Phi) is 4.33. The van der Waals surface area contributed by atoms with Gasteiger partial charge in [-0.05, 0) is 48.6 Å². The SMILES string of the molecule is CCCC1NC(c2ccsc2)N(CC2(C)CCCO2)C1=O. The van der Waals surface area contributed by atoms with Gasteiger partial charge < -0.3 is 9.64 Å². The molecule has 3 heterocycles. The molecule has 3 rings (SSSR count). The van der Waals surface area contributed by atoms with Gasteiger partial charge in [-0.25, -0.2) is 0 Å². The fourth-order valence-corrected chi connectivity index (χ4v) is 4.05. The van der Waals surface area contributed by atoms with Gasteiger partial charge >= 0.3 is 0 Å². The van der Waals surface area contributed by atoms with Crippen molar-refractivity contribution in [2.45, 2.75) is 57.3 Å². The van der Waals surface area contributed by atoms with Gasteiger partial charge in [0.05, 0.1) is 18.2 Å². The molecule has 3 atom stereocenters. The van der Waals surface area contributed by atoms with E-state index in [4.69, 9.17) is 4.74 Å². The predicted molar refractivity (Wildman–Crippen MR) is 84.2 cm³/mol. The van der Waals surface area contributed by atoms with Gasteiger partial charge in [0.25, 0.3) is 0 Å². The maximum Gasteiger partial charge on any atom is 0.241 e. The van der Waals surface area contributed by atoms with Crippen molar-refractivity contribution in [2.24, 2.45) is 0 Å². The van der Waals surface area contributed by atoms with Gasteiger partial charge in [0.2, 0.25) is 5.91 Å². The van der Waals surface area contributed by atoms with E-state index in [2.05, 4.69) is 36.0 Å². The molecule has 2 fully saturated rings. The normalized spacial score (nSPS) is 33.0. The largest absolute Gasteiger partial charge is 0.373 e. The first kappa shape index (κ1) is 15.0. The number of carbonyl (C=O) groups excluding carboxylic acids is 1. The zero-order valence-corrected chi connectivity index (χ0v) is 13.6. The van der Waals surface area contributed by atoms with Gasteiger partial charge in [-0.15, -0.1) is 0 Å². The van der Waals surface area contributed by atoms with Crippen LogP contribution in [0.4, 0.5) is 0 Å². The minimum Gasteiger partial charge on any atom is -0.373 e. The van der Waals surface area contributed by atoms with Crippen LogP contribution in [0, 0.1) is 0 Å². The average Bonchev–Trinajstić information content (AvgIpc) is 3.17. The van der Waals surface area contributed by atoms with Crippen LogP contribution >= 0.6 is 11.3 Å². The molecule has 0 bridgehead atoms. The molecule has 2 aliphatic heterocycles. The molecule has 21 heavy (non-hydrogen) atoms. The second kappa shape index (κ2) is 6.07. The van der Waals surface area contributed by atoms with Crippen LogP contribution in [-0.4, -0.2) is 35.6 Å². The van der Waals surface area contributed by atoms with E-state index in [0.29, 0.717) is 6.54 Å². The highest BCUT2D eigenvalue weighted by Crippen LogP contribution is 2.33. The van der Waals surface area contributed by atoms with Gasteiger partial charge in [-0.2, -0.15) is 11.3 Å². The van der Waals surface area contributed by atoms with Crippen LogP contribution in [0.25, 0.3) is 0 Å². The molecule has 1 aromatic rings. The summed E-state index contributed by atoms with van der Waals surface area (Å²) in [5.74, 6) is 0.227. The topological polar surface area (TPSA) is 41.6 Å². The minimum atomic E-state index is -0.188. The number of hydrogen-bond acceptors (Lipinski definition) is 4. The molecule has 0 aliphatic carbocycles.